The molecule has 2 rings (SSSR count). The normalized spacial score (nSPS) is 18.5. The number of hydrogen-bond acceptors (Lipinski definition) is 3. The van der Waals surface area contributed by atoms with E-state index >= 15 is 0 Å². The molecule has 1 fully saturated rings. The molecule has 1 atom stereocenters. The van der Waals surface area contributed by atoms with Crippen LogP contribution in [0.2, 0.25) is 0 Å². The molecule has 0 radical (unpaired) electrons. The van der Waals surface area contributed by atoms with Crippen LogP contribution in [0.5, 0.6) is 5.75 Å². The van der Waals surface area contributed by atoms with Gasteiger partial charge in [0, 0.05) is 5.41 Å². The van der Waals surface area contributed by atoms with E-state index in [0.717, 1.165) is 17.9 Å². The van der Waals surface area contributed by atoms with Gasteiger partial charge < -0.3 is 9.47 Å². The van der Waals surface area contributed by atoms with E-state index in [0.29, 0.717) is 11.8 Å². The number of esters is 1. The molecule has 0 aromatic heterocycles. The molecule has 1 unspecified atom stereocenters. The smallest absolute Gasteiger partial charge is 0.324 e. The Morgan fingerprint density at radius 3 is 2.45 bits per heavy atom. The first-order valence-electron chi connectivity index (χ1n) is 7.96. The lowest BCUT2D eigenvalue weighted by atomic mass is 9.76. The highest BCUT2D eigenvalue weighted by Gasteiger charge is 2.27. The van der Waals surface area contributed by atoms with E-state index in [1.165, 1.54) is 39.2 Å². The molecule has 1 aliphatic carbocycles. The Balaban J connectivity index is 1.85. The average Bonchev–Trinajstić information content (AvgIpc) is 2.54. The summed E-state index contributed by atoms with van der Waals surface area (Å²) >= 11 is 5.98. The number of ether oxygens (including phenoxy) is 2. The molecule has 1 aliphatic rings. The first kappa shape index (κ1) is 17.1. The third-order valence-corrected chi connectivity index (χ3v) is 4.78. The van der Waals surface area contributed by atoms with Crippen LogP contribution in [0.3, 0.4) is 0 Å². The van der Waals surface area contributed by atoms with Crippen molar-refractivity contribution < 1.29 is 14.3 Å². The van der Waals surface area contributed by atoms with Gasteiger partial charge in [0.15, 0.2) is 0 Å². The SMILES string of the molecule is COC(=O)C(Cl)Cc1ccc(OCC2(C)CCCCC2)cc1. The third kappa shape index (κ3) is 4.91. The van der Waals surface area contributed by atoms with Crippen molar-refractivity contribution in [1.29, 1.82) is 0 Å². The van der Waals surface area contributed by atoms with E-state index in [1.807, 2.05) is 24.3 Å². The largest absolute Gasteiger partial charge is 0.493 e. The van der Waals surface area contributed by atoms with E-state index in [1.54, 1.807) is 0 Å². The number of halogens is 1. The lowest BCUT2D eigenvalue weighted by molar-refractivity contribution is -0.140. The van der Waals surface area contributed by atoms with Crippen molar-refractivity contribution in [3.63, 3.8) is 0 Å². The predicted octanol–water partition coefficient (Wildman–Crippen LogP) is 4.36. The van der Waals surface area contributed by atoms with Crippen LogP contribution in [-0.4, -0.2) is 25.1 Å². The minimum atomic E-state index is -0.641. The fourth-order valence-corrected chi connectivity index (χ4v) is 3.21. The molecule has 3 nitrogen and oxygen atoms in total. The lowest BCUT2D eigenvalue weighted by Crippen LogP contribution is -2.27. The second-order valence-electron chi connectivity index (χ2n) is 6.50. The summed E-state index contributed by atoms with van der Waals surface area (Å²) < 4.78 is 10.6. The number of methoxy groups -OCH3 is 1. The van der Waals surface area contributed by atoms with Crippen LogP contribution >= 0.6 is 11.6 Å². The van der Waals surface area contributed by atoms with Gasteiger partial charge in [-0.05, 0) is 37.0 Å². The number of alkyl halides is 1. The monoisotopic (exact) mass is 324 g/mol. The van der Waals surface area contributed by atoms with Crippen LogP contribution < -0.4 is 4.74 Å². The summed E-state index contributed by atoms with van der Waals surface area (Å²) in [6.07, 6.45) is 6.93. The summed E-state index contributed by atoms with van der Waals surface area (Å²) in [5, 5.41) is -0.641. The van der Waals surface area contributed by atoms with Crippen LogP contribution in [0, 0.1) is 5.41 Å². The van der Waals surface area contributed by atoms with Gasteiger partial charge in [-0.25, -0.2) is 0 Å². The zero-order chi connectivity index (χ0) is 16.0. The Morgan fingerprint density at radius 2 is 1.86 bits per heavy atom. The first-order valence-corrected chi connectivity index (χ1v) is 8.40. The molecule has 0 amide bonds. The summed E-state index contributed by atoms with van der Waals surface area (Å²) in [6.45, 7) is 3.08. The summed E-state index contributed by atoms with van der Waals surface area (Å²) in [5.74, 6) is 0.479. The van der Waals surface area contributed by atoms with Gasteiger partial charge in [0.05, 0.1) is 13.7 Å². The maximum Gasteiger partial charge on any atom is 0.324 e. The Morgan fingerprint density at radius 1 is 1.23 bits per heavy atom. The maximum atomic E-state index is 11.3. The van der Waals surface area contributed by atoms with E-state index in [2.05, 4.69) is 11.7 Å². The molecule has 1 aromatic rings. The lowest BCUT2D eigenvalue weighted by Gasteiger charge is -2.33. The standard InChI is InChI=1S/C18H25ClO3/c1-18(10-4-3-5-11-18)13-22-15-8-6-14(7-9-15)12-16(19)17(20)21-2/h6-9,16H,3-5,10-13H2,1-2H3. The molecule has 0 heterocycles. The minimum Gasteiger partial charge on any atom is -0.493 e. The summed E-state index contributed by atoms with van der Waals surface area (Å²) in [6, 6.07) is 7.80. The molecule has 0 N–H and O–H groups in total. The van der Waals surface area contributed by atoms with Crippen molar-refractivity contribution in [2.45, 2.75) is 50.8 Å². The highest BCUT2D eigenvalue weighted by molar-refractivity contribution is 6.30. The molecule has 0 aliphatic heterocycles. The second-order valence-corrected chi connectivity index (χ2v) is 7.03. The van der Waals surface area contributed by atoms with Crippen molar-refractivity contribution in [2.24, 2.45) is 5.41 Å². The van der Waals surface area contributed by atoms with Crippen LogP contribution in [0.15, 0.2) is 24.3 Å². The highest BCUT2D eigenvalue weighted by atomic mass is 35.5. The van der Waals surface area contributed by atoms with Crippen molar-refractivity contribution in [3.05, 3.63) is 29.8 Å². The van der Waals surface area contributed by atoms with Gasteiger partial charge in [-0.1, -0.05) is 38.3 Å². The zero-order valence-electron chi connectivity index (χ0n) is 13.4. The number of benzene rings is 1. The Bertz CT molecular complexity index is 478. The summed E-state index contributed by atoms with van der Waals surface area (Å²) in [4.78, 5) is 11.3. The minimum absolute atomic E-state index is 0.309. The molecular formula is C18H25ClO3. The molecule has 0 bridgehead atoms. The van der Waals surface area contributed by atoms with Crippen LogP contribution in [0.25, 0.3) is 0 Å². The molecule has 1 saturated carbocycles. The highest BCUT2D eigenvalue weighted by Crippen LogP contribution is 2.36. The van der Waals surface area contributed by atoms with E-state index in [4.69, 9.17) is 16.3 Å². The Hall–Kier alpha value is -1.22. The molecule has 4 heteroatoms. The number of carbonyl (C=O) groups excluding carboxylic acids is 1. The van der Waals surface area contributed by atoms with Crippen LogP contribution in [-0.2, 0) is 16.0 Å². The molecular weight excluding hydrogens is 300 g/mol. The van der Waals surface area contributed by atoms with Crippen molar-refractivity contribution in [1.82, 2.24) is 0 Å². The molecule has 0 saturated heterocycles. The third-order valence-electron chi connectivity index (χ3n) is 4.44. The van der Waals surface area contributed by atoms with Crippen molar-refractivity contribution in [2.75, 3.05) is 13.7 Å². The van der Waals surface area contributed by atoms with Gasteiger partial charge in [-0.3, -0.25) is 4.79 Å². The Kier molecular flexibility index (Phi) is 6.13. The molecule has 0 spiro atoms. The van der Waals surface area contributed by atoms with Crippen molar-refractivity contribution in [3.8, 4) is 5.75 Å². The van der Waals surface area contributed by atoms with Crippen molar-refractivity contribution >= 4 is 17.6 Å². The number of hydrogen-bond donors (Lipinski definition) is 0. The molecule has 1 aromatic carbocycles. The van der Waals surface area contributed by atoms with E-state index in [-0.39, 0.29) is 0 Å². The summed E-state index contributed by atoms with van der Waals surface area (Å²) in [7, 11) is 1.35. The number of rotatable bonds is 6. The number of carbonyl (C=O) groups is 1. The quantitative estimate of drug-likeness (QED) is 0.576. The fourth-order valence-electron chi connectivity index (χ4n) is 2.95. The molecule has 22 heavy (non-hydrogen) atoms. The topological polar surface area (TPSA) is 35.5 Å². The van der Waals surface area contributed by atoms with Crippen LogP contribution in [0.1, 0.15) is 44.6 Å². The van der Waals surface area contributed by atoms with Gasteiger partial charge in [0.25, 0.3) is 0 Å². The van der Waals surface area contributed by atoms with Gasteiger partial charge >= 0.3 is 5.97 Å². The van der Waals surface area contributed by atoms with Crippen LogP contribution in [0.4, 0.5) is 0 Å². The average molecular weight is 325 g/mol. The van der Waals surface area contributed by atoms with E-state index in [9.17, 15) is 4.79 Å². The maximum absolute atomic E-state index is 11.3. The van der Waals surface area contributed by atoms with Gasteiger partial charge in [0.2, 0.25) is 0 Å². The van der Waals surface area contributed by atoms with Gasteiger partial charge in [-0.2, -0.15) is 0 Å². The van der Waals surface area contributed by atoms with E-state index < -0.39 is 11.3 Å². The Labute approximate surface area is 137 Å². The zero-order valence-corrected chi connectivity index (χ0v) is 14.2. The predicted molar refractivity (Wildman–Crippen MR) is 88.5 cm³/mol. The van der Waals surface area contributed by atoms with Gasteiger partial charge in [0.1, 0.15) is 11.1 Å². The molecule has 122 valence electrons. The van der Waals surface area contributed by atoms with Gasteiger partial charge in [-0.15, -0.1) is 11.6 Å². The first-order chi connectivity index (χ1) is 10.5. The second kappa shape index (κ2) is 7.87. The summed E-state index contributed by atoms with van der Waals surface area (Å²) in [5.41, 5.74) is 1.31. The fraction of sp³-hybridized carbons (Fsp3) is 0.611.